The Morgan fingerprint density at radius 1 is 1.35 bits per heavy atom. The predicted molar refractivity (Wildman–Crippen MR) is 69.1 cm³/mol. The molecule has 1 amide bonds. The van der Waals surface area contributed by atoms with Crippen molar-refractivity contribution in [3.8, 4) is 0 Å². The lowest BCUT2D eigenvalue weighted by Crippen LogP contribution is -2.47. The number of nitrogens with zero attached hydrogens (tertiary/aromatic N) is 1. The van der Waals surface area contributed by atoms with Crippen LogP contribution in [0.4, 0.5) is 4.79 Å². The number of carbonyl (C=O) groups is 1. The highest BCUT2D eigenvalue weighted by Gasteiger charge is 2.46. The summed E-state index contributed by atoms with van der Waals surface area (Å²) in [6.45, 7) is 11.5. The van der Waals surface area contributed by atoms with E-state index in [1.165, 1.54) is 0 Å². The number of amides is 1. The van der Waals surface area contributed by atoms with Crippen molar-refractivity contribution in [2.24, 2.45) is 0 Å². The molecule has 1 aliphatic heterocycles. The molecule has 0 spiro atoms. The van der Waals surface area contributed by atoms with E-state index in [9.17, 15) is 4.79 Å². The third-order valence-electron chi connectivity index (χ3n) is 3.19. The molecular weight excluding hydrogens is 216 g/mol. The Kier molecular flexibility index (Phi) is 5.48. The molecule has 1 N–H and O–H groups in total. The number of piperazine rings is 1. The van der Waals surface area contributed by atoms with Crippen LogP contribution in [-0.2, 0) is 4.74 Å². The number of ether oxygens (including phenoxy) is 1. The Bertz CT molecular complexity index is 246. The number of nitrogens with one attached hydrogen (secondary N) is 1. The summed E-state index contributed by atoms with van der Waals surface area (Å²) in [6, 6.07) is 0. The van der Waals surface area contributed by atoms with Crippen LogP contribution in [0.2, 0.25) is 0 Å². The largest absolute Gasteiger partial charge is 0.443 e. The van der Waals surface area contributed by atoms with Crippen molar-refractivity contribution in [1.29, 1.82) is 0 Å². The molecule has 17 heavy (non-hydrogen) atoms. The molecule has 98 valence electrons. The van der Waals surface area contributed by atoms with Crippen LogP contribution < -0.4 is 5.32 Å². The van der Waals surface area contributed by atoms with Crippen LogP contribution in [0.25, 0.3) is 0 Å². The second-order valence-electron chi connectivity index (χ2n) is 4.54. The number of carbonyl (C=O) groups excluding carboxylic acids is 1. The molecule has 1 aliphatic carbocycles. The third-order valence-corrected chi connectivity index (χ3v) is 3.19. The Hall–Kier alpha value is -1.03. The van der Waals surface area contributed by atoms with Gasteiger partial charge in [-0.1, -0.05) is 13.3 Å². The molecule has 0 bridgehead atoms. The van der Waals surface area contributed by atoms with Gasteiger partial charge < -0.3 is 15.0 Å². The molecule has 0 aromatic carbocycles. The zero-order valence-corrected chi connectivity index (χ0v) is 10.8. The fourth-order valence-electron chi connectivity index (χ4n) is 2.10. The van der Waals surface area contributed by atoms with Gasteiger partial charge >= 0.3 is 6.09 Å². The lowest BCUT2D eigenvalue weighted by Gasteiger charge is -2.28. The summed E-state index contributed by atoms with van der Waals surface area (Å²) in [5.41, 5.74) is -0.0866. The van der Waals surface area contributed by atoms with Gasteiger partial charge in [-0.15, -0.1) is 13.2 Å². The minimum atomic E-state index is -0.109. The first-order chi connectivity index (χ1) is 8.26. The highest BCUT2D eigenvalue weighted by Crippen LogP contribution is 2.43. The van der Waals surface area contributed by atoms with E-state index in [1.807, 2.05) is 4.90 Å². The van der Waals surface area contributed by atoms with Gasteiger partial charge in [-0.3, -0.25) is 0 Å². The summed E-state index contributed by atoms with van der Waals surface area (Å²) >= 11 is 0. The SMILES string of the molecule is C=C.CCCC1(OC(=O)N2CCNCC2)CC1. The Morgan fingerprint density at radius 2 is 1.94 bits per heavy atom. The van der Waals surface area contributed by atoms with E-state index in [0.717, 1.165) is 51.9 Å². The average Bonchev–Trinajstić information content (AvgIpc) is 3.13. The van der Waals surface area contributed by atoms with Crippen molar-refractivity contribution >= 4 is 6.09 Å². The fraction of sp³-hybridized carbons (Fsp3) is 0.769. The maximum atomic E-state index is 11.8. The Labute approximate surface area is 104 Å². The maximum Gasteiger partial charge on any atom is 0.410 e. The molecule has 1 saturated heterocycles. The van der Waals surface area contributed by atoms with Crippen molar-refractivity contribution in [2.75, 3.05) is 26.2 Å². The minimum absolute atomic E-state index is 0.0866. The maximum absolute atomic E-state index is 11.8. The number of hydrogen-bond acceptors (Lipinski definition) is 3. The van der Waals surface area contributed by atoms with E-state index >= 15 is 0 Å². The van der Waals surface area contributed by atoms with Gasteiger partial charge in [0.05, 0.1) is 0 Å². The van der Waals surface area contributed by atoms with Crippen molar-refractivity contribution in [3.63, 3.8) is 0 Å². The molecule has 0 aromatic rings. The summed E-state index contributed by atoms with van der Waals surface area (Å²) < 4.78 is 5.59. The number of rotatable bonds is 3. The smallest absolute Gasteiger partial charge is 0.410 e. The van der Waals surface area contributed by atoms with Gasteiger partial charge in [0.1, 0.15) is 5.60 Å². The highest BCUT2D eigenvalue weighted by atomic mass is 16.6. The van der Waals surface area contributed by atoms with Crippen LogP contribution in [0.5, 0.6) is 0 Å². The summed E-state index contributed by atoms with van der Waals surface area (Å²) in [4.78, 5) is 13.6. The Balaban J connectivity index is 0.000000686. The number of hydrogen-bond donors (Lipinski definition) is 1. The monoisotopic (exact) mass is 240 g/mol. The molecule has 0 atom stereocenters. The van der Waals surface area contributed by atoms with Gasteiger partial charge in [-0.05, 0) is 19.3 Å². The van der Waals surface area contributed by atoms with Gasteiger partial charge in [0.2, 0.25) is 0 Å². The molecular formula is C13H24N2O2. The standard InChI is InChI=1S/C11H20N2O2.C2H4/c1-2-3-11(4-5-11)15-10(14)13-8-6-12-7-9-13;1-2/h12H,2-9H2,1H3;1-2H2. The van der Waals surface area contributed by atoms with Crippen molar-refractivity contribution in [1.82, 2.24) is 10.2 Å². The zero-order chi connectivity index (χ0) is 12.7. The van der Waals surface area contributed by atoms with Gasteiger partial charge in [-0.25, -0.2) is 4.79 Å². The first-order valence-electron chi connectivity index (χ1n) is 6.44. The van der Waals surface area contributed by atoms with Crippen molar-refractivity contribution in [3.05, 3.63) is 13.2 Å². The highest BCUT2D eigenvalue weighted by molar-refractivity contribution is 5.68. The first-order valence-corrected chi connectivity index (χ1v) is 6.44. The first kappa shape index (κ1) is 14.0. The fourth-order valence-corrected chi connectivity index (χ4v) is 2.10. The second-order valence-corrected chi connectivity index (χ2v) is 4.54. The molecule has 1 saturated carbocycles. The topological polar surface area (TPSA) is 41.6 Å². The van der Waals surface area contributed by atoms with E-state index in [0.29, 0.717) is 0 Å². The molecule has 2 aliphatic rings. The second kappa shape index (κ2) is 6.64. The third kappa shape index (κ3) is 4.04. The van der Waals surface area contributed by atoms with Gasteiger partial charge in [0.15, 0.2) is 0 Å². The molecule has 1 heterocycles. The lowest BCUT2D eigenvalue weighted by atomic mass is 10.2. The van der Waals surface area contributed by atoms with Crippen LogP contribution in [-0.4, -0.2) is 42.8 Å². The van der Waals surface area contributed by atoms with Crippen LogP contribution in [0, 0.1) is 0 Å². The van der Waals surface area contributed by atoms with Crippen LogP contribution >= 0.6 is 0 Å². The van der Waals surface area contributed by atoms with Crippen LogP contribution in [0.1, 0.15) is 32.6 Å². The molecule has 2 rings (SSSR count). The molecule has 0 aromatic heterocycles. The van der Waals surface area contributed by atoms with Gasteiger partial charge in [-0.2, -0.15) is 0 Å². The normalized spacial score (nSPS) is 21.1. The van der Waals surface area contributed by atoms with Crippen LogP contribution in [0.15, 0.2) is 13.2 Å². The van der Waals surface area contributed by atoms with E-state index < -0.39 is 0 Å². The summed E-state index contributed by atoms with van der Waals surface area (Å²) in [7, 11) is 0. The lowest BCUT2D eigenvalue weighted by molar-refractivity contribution is 0.0427. The molecule has 0 unspecified atom stereocenters. The van der Waals surface area contributed by atoms with E-state index in [4.69, 9.17) is 4.74 Å². The van der Waals surface area contributed by atoms with Gasteiger partial charge in [0.25, 0.3) is 0 Å². The van der Waals surface area contributed by atoms with Crippen LogP contribution in [0.3, 0.4) is 0 Å². The quantitative estimate of drug-likeness (QED) is 0.769. The minimum Gasteiger partial charge on any atom is -0.443 e. The van der Waals surface area contributed by atoms with E-state index in [-0.39, 0.29) is 11.7 Å². The molecule has 2 fully saturated rings. The molecule has 4 heteroatoms. The summed E-state index contributed by atoms with van der Waals surface area (Å²) in [5.74, 6) is 0. The van der Waals surface area contributed by atoms with E-state index in [1.54, 1.807) is 0 Å². The zero-order valence-electron chi connectivity index (χ0n) is 10.8. The average molecular weight is 240 g/mol. The van der Waals surface area contributed by atoms with Crippen molar-refractivity contribution in [2.45, 2.75) is 38.2 Å². The summed E-state index contributed by atoms with van der Waals surface area (Å²) in [5, 5.41) is 3.22. The summed E-state index contributed by atoms with van der Waals surface area (Å²) in [6.07, 6.45) is 4.11. The molecule has 0 radical (unpaired) electrons. The Morgan fingerprint density at radius 3 is 2.41 bits per heavy atom. The predicted octanol–water partition coefficient (Wildman–Crippen LogP) is 2.16. The van der Waals surface area contributed by atoms with Gasteiger partial charge in [0, 0.05) is 26.2 Å². The van der Waals surface area contributed by atoms with E-state index in [2.05, 4.69) is 25.4 Å². The van der Waals surface area contributed by atoms with Crippen molar-refractivity contribution < 1.29 is 9.53 Å². The molecule has 4 nitrogen and oxygen atoms in total.